The SMILES string of the molecule is CC1CCC(Nc2ncc(C(N)=O)c(CC(C)(C)C(C)(C)C)n2)CC1.CCC1CCC(Nc2ncc(C(N)=O)c(CC(C)(C)C(C)(C)C)n2)CC1.CCC1CCC(Nc2ncc(C(N)=O)c(CC3CC(C)C3)n2)CC1.CCOC1CCC(Nc2ncc(C(N)=O)c(CC(C)(C)C(C)(C)C)n2)CC1.C[C@H]1CCCC[C@@H](Nc2nc(NC34CCC(F)(CC3)CC4)ncc2C(N)=O)C1. The van der Waals surface area contributed by atoms with E-state index in [9.17, 15) is 28.4 Å². The molecular formula is C102H168FN21O6. The van der Waals surface area contributed by atoms with Gasteiger partial charge in [-0.2, -0.15) is 4.98 Å². The number of carbonyl (C=O) groups is 5. The molecule has 2 atom stereocenters. The van der Waals surface area contributed by atoms with Crippen molar-refractivity contribution in [2.24, 2.45) is 96.7 Å². The van der Waals surface area contributed by atoms with Gasteiger partial charge in [0.15, 0.2) is 0 Å². The third kappa shape index (κ3) is 30.5. The minimum absolute atomic E-state index is 0.0247. The number of ether oxygens (including phenoxy) is 1. The minimum Gasteiger partial charge on any atom is -0.379 e. The summed E-state index contributed by atoms with van der Waals surface area (Å²) in [6.45, 7) is 47.3. The second kappa shape index (κ2) is 45.9. The van der Waals surface area contributed by atoms with Gasteiger partial charge in [-0.05, 0) is 268 Å². The number of primary amides is 5. The number of carbonyl (C=O) groups excluding carboxylic acids is 5. The maximum atomic E-state index is 14.5. The Bertz CT molecular complexity index is 4470. The van der Waals surface area contributed by atoms with Gasteiger partial charge in [0.25, 0.3) is 29.5 Å². The van der Waals surface area contributed by atoms with Gasteiger partial charge in [0.1, 0.15) is 11.5 Å². The lowest BCUT2D eigenvalue weighted by Crippen LogP contribution is -2.52. The zero-order valence-electron chi connectivity index (χ0n) is 83.5. The van der Waals surface area contributed by atoms with Crippen LogP contribution in [0.25, 0.3) is 0 Å². The summed E-state index contributed by atoms with van der Waals surface area (Å²) in [4.78, 5) is 104. The van der Waals surface area contributed by atoms with E-state index in [1.807, 2.05) is 6.92 Å². The highest BCUT2D eigenvalue weighted by Gasteiger charge is 2.50. The van der Waals surface area contributed by atoms with Crippen molar-refractivity contribution >= 4 is 65.1 Å². The number of halogens is 1. The van der Waals surface area contributed by atoms with Gasteiger partial charge in [-0.1, -0.05) is 171 Å². The number of anilines is 6. The first kappa shape index (κ1) is 105. The van der Waals surface area contributed by atoms with Crippen LogP contribution >= 0.6 is 0 Å². The van der Waals surface area contributed by atoms with E-state index in [2.05, 4.69) is 215 Å². The van der Waals surface area contributed by atoms with Gasteiger partial charge in [0.2, 0.25) is 29.7 Å². The van der Waals surface area contributed by atoms with Gasteiger partial charge in [0, 0.05) is 73.3 Å². The first-order valence-corrected chi connectivity index (χ1v) is 49.7. The van der Waals surface area contributed by atoms with Crippen molar-refractivity contribution in [1.29, 1.82) is 0 Å². The van der Waals surface area contributed by atoms with E-state index in [-0.39, 0.29) is 44.1 Å². The van der Waals surface area contributed by atoms with Crippen LogP contribution in [0, 0.1) is 68.0 Å². The molecule has 0 aromatic carbocycles. The predicted octanol–water partition coefficient (Wildman–Crippen LogP) is 20.4. The topological polar surface area (TPSA) is 426 Å². The van der Waals surface area contributed by atoms with Gasteiger partial charge >= 0.3 is 0 Å². The summed E-state index contributed by atoms with van der Waals surface area (Å²) in [5, 5.41) is 20.8. The van der Waals surface area contributed by atoms with Crippen LogP contribution in [0.15, 0.2) is 31.0 Å². The Hall–Kier alpha value is -8.56. The zero-order chi connectivity index (χ0) is 95.5. The highest BCUT2D eigenvalue weighted by molar-refractivity contribution is 5.98. The van der Waals surface area contributed by atoms with Gasteiger partial charge in [-0.25, -0.2) is 49.2 Å². The fourth-order valence-corrected chi connectivity index (χ4v) is 19.3. The largest absolute Gasteiger partial charge is 0.379 e. The van der Waals surface area contributed by atoms with Crippen LogP contribution in [0.3, 0.4) is 0 Å². The molecule has 2 bridgehead atoms. The maximum absolute atomic E-state index is 14.5. The fourth-order valence-electron chi connectivity index (χ4n) is 19.3. The van der Waals surface area contributed by atoms with Gasteiger partial charge in [0.05, 0.1) is 56.7 Å². The number of aromatic nitrogens is 10. The molecule has 9 aliphatic rings. The summed E-state index contributed by atoms with van der Waals surface area (Å²) < 4.78 is 20.2. The zero-order valence-corrected chi connectivity index (χ0v) is 83.5. The molecule has 5 aromatic heterocycles. The molecule has 5 heterocycles. The van der Waals surface area contributed by atoms with E-state index in [4.69, 9.17) is 38.4 Å². The second-order valence-electron chi connectivity index (χ2n) is 45.3. The van der Waals surface area contributed by atoms with Crippen LogP contribution in [0.1, 0.15) is 419 Å². The molecular weight excluding hydrogens is 1630 g/mol. The van der Waals surface area contributed by atoms with Gasteiger partial charge in [-0.3, -0.25) is 24.0 Å². The summed E-state index contributed by atoms with van der Waals surface area (Å²) in [6, 6.07) is 1.90. The summed E-state index contributed by atoms with van der Waals surface area (Å²) in [5.74, 6) is 5.76. The molecule has 27 nitrogen and oxygen atoms in total. The second-order valence-corrected chi connectivity index (χ2v) is 45.3. The standard InChI is InChI=1S/C21H32FN5O.C21H36N4O2.C21H36N4O.C20H34N4O.C19H30N4O/c1-14-4-2-3-5-15(12-14)25-18-16(17(23)28)13-24-19(26-18)27-21-9-6-20(22,7-10-21)8-11-21;1-7-27-15-10-8-14(9-11-15)24-19-23-13-16(18(22)26)17(25-19)12-21(5,6)20(2,3)4;1-7-14-8-10-15(11-9-14)24-19-23-13-16(18(22)26)17(25-19)12-21(5,6)20(2,3)4;1-13-7-9-14(10-8-13)23-18-22-12-15(17(21)25)16(24-18)11-20(5,6)19(2,3)4;1-3-13-4-6-15(7-5-13)22-19-21-11-16(18(20)24)17(23-19)10-14-8-12(2)9-14/h13-15H,2-12H2,1H3,(H2,23,28)(H2,24,25,26,27);13-15H,7-12H2,1-6H3,(H2,22,26)(H,23,24,25);13-15H,7-12H2,1-6H3,(H2,22,26)(H,23,24,25);12-14H,7-11H2,1-6H3,(H2,21,25)(H,22,23,24);11-15H,3-10H2,1-2H3,(H2,20,24)(H,21,22,23)/t14-,15+,20?,21?;;;;/m0..../s1. The van der Waals surface area contributed by atoms with Crippen molar-refractivity contribution in [1.82, 2.24) is 49.8 Å². The molecule has 0 spiro atoms. The number of nitrogens with one attached hydrogen (secondary N) is 6. The summed E-state index contributed by atoms with van der Waals surface area (Å²) >= 11 is 0. The lowest BCUT2D eigenvalue weighted by molar-refractivity contribution is 0.0150. The van der Waals surface area contributed by atoms with Crippen LogP contribution in [-0.4, -0.2) is 134 Å². The number of amides is 5. The van der Waals surface area contributed by atoms with Crippen molar-refractivity contribution < 1.29 is 33.1 Å². The molecule has 0 radical (unpaired) electrons. The molecule has 9 saturated carbocycles. The third-order valence-corrected chi connectivity index (χ3v) is 31.8. The van der Waals surface area contributed by atoms with Crippen LogP contribution in [-0.2, 0) is 30.4 Å². The van der Waals surface area contributed by atoms with Crippen molar-refractivity contribution in [2.75, 3.05) is 38.5 Å². The summed E-state index contributed by atoms with van der Waals surface area (Å²) in [6.07, 6.45) is 44.8. The fraction of sp³-hybridized carbons (Fsp3) is 0.755. The van der Waals surface area contributed by atoms with Crippen LogP contribution in [0.4, 0.5) is 39.9 Å². The maximum Gasteiger partial charge on any atom is 0.254 e. The molecule has 14 rings (SSSR count). The number of fused-ring (bicyclic) bond motifs is 3. The Kier molecular flexibility index (Phi) is 37.1. The highest BCUT2D eigenvalue weighted by Crippen LogP contribution is 2.51. The van der Waals surface area contributed by atoms with Crippen molar-refractivity contribution in [3.05, 3.63) is 81.6 Å². The van der Waals surface area contributed by atoms with E-state index in [1.54, 1.807) is 24.8 Å². The smallest absolute Gasteiger partial charge is 0.254 e. The average molecular weight is 1800 g/mol. The summed E-state index contributed by atoms with van der Waals surface area (Å²) in [7, 11) is 0. The minimum atomic E-state index is -0.969. The number of hydrogen-bond donors (Lipinski definition) is 11. The Balaban J connectivity index is 0.000000183. The Morgan fingerprint density at radius 1 is 0.369 bits per heavy atom. The number of rotatable bonds is 29. The van der Waals surface area contributed by atoms with Crippen LogP contribution < -0.4 is 60.6 Å². The lowest BCUT2D eigenvalue weighted by atomic mass is 9.64. The molecule has 0 saturated heterocycles. The number of alkyl halides is 1. The lowest BCUT2D eigenvalue weighted by Gasteiger charge is -2.49. The number of nitrogens with two attached hydrogens (primary N) is 5. The van der Waals surface area contributed by atoms with E-state index < -0.39 is 35.2 Å². The molecule has 5 aromatic rings. The Morgan fingerprint density at radius 3 is 1.05 bits per heavy atom. The van der Waals surface area contributed by atoms with Crippen molar-refractivity contribution in [3.63, 3.8) is 0 Å². The average Bonchev–Trinajstić information content (AvgIpc) is 0.768. The molecule has 5 amide bonds. The Labute approximate surface area is 778 Å². The third-order valence-electron chi connectivity index (χ3n) is 31.8. The van der Waals surface area contributed by atoms with E-state index in [0.717, 1.165) is 143 Å². The molecule has 9 aliphatic carbocycles. The van der Waals surface area contributed by atoms with Crippen molar-refractivity contribution in [3.8, 4) is 0 Å². The van der Waals surface area contributed by atoms with Crippen molar-refractivity contribution in [2.45, 2.75) is 418 Å². The molecule has 9 fully saturated rings. The normalized spacial score (nSPS) is 26.0. The van der Waals surface area contributed by atoms with E-state index in [0.29, 0.717) is 144 Å². The monoisotopic (exact) mass is 1800 g/mol. The quantitative estimate of drug-likeness (QED) is 0.0198. The molecule has 130 heavy (non-hydrogen) atoms. The Morgan fingerprint density at radius 2 is 0.700 bits per heavy atom. The molecule has 0 aliphatic heterocycles. The first-order valence-electron chi connectivity index (χ1n) is 49.7. The van der Waals surface area contributed by atoms with Gasteiger partial charge in [-0.15, -0.1) is 0 Å². The van der Waals surface area contributed by atoms with Crippen LogP contribution in [0.2, 0.25) is 0 Å². The predicted molar refractivity (Wildman–Crippen MR) is 522 cm³/mol. The number of nitrogens with zero attached hydrogens (tertiary/aromatic N) is 10. The summed E-state index contributed by atoms with van der Waals surface area (Å²) in [5.41, 5.74) is 31.9. The molecule has 28 heteroatoms. The molecule has 724 valence electrons. The van der Waals surface area contributed by atoms with Gasteiger partial charge < -0.3 is 65.3 Å². The van der Waals surface area contributed by atoms with Crippen LogP contribution in [0.5, 0.6) is 0 Å². The van der Waals surface area contributed by atoms with E-state index >= 15 is 0 Å². The highest BCUT2D eigenvalue weighted by atomic mass is 19.1. The first-order chi connectivity index (χ1) is 61.0. The molecule has 16 N–H and O–H groups in total. The molecule has 0 unspecified atom stereocenters. The van der Waals surface area contributed by atoms with E-state index in [1.165, 1.54) is 103 Å². The number of hydrogen-bond acceptors (Lipinski definition) is 22.